The van der Waals surface area contributed by atoms with Crippen molar-refractivity contribution in [2.45, 2.75) is 31.8 Å². The van der Waals surface area contributed by atoms with Crippen LogP contribution in [0.25, 0.3) is 0 Å². The highest BCUT2D eigenvalue weighted by molar-refractivity contribution is 5.62. The molecule has 0 radical (unpaired) electrons. The van der Waals surface area contributed by atoms with Gasteiger partial charge in [0.1, 0.15) is 0 Å². The molecule has 3 N–H and O–H groups in total. The second kappa shape index (κ2) is 5.44. The van der Waals surface area contributed by atoms with E-state index in [4.69, 9.17) is 10.5 Å². The number of ether oxygens (including phenoxy) is 1. The van der Waals surface area contributed by atoms with Crippen LogP contribution in [0.2, 0.25) is 0 Å². The van der Waals surface area contributed by atoms with E-state index in [1.54, 1.807) is 13.2 Å². The number of pyridine rings is 1. The third-order valence-corrected chi connectivity index (χ3v) is 3.66. The van der Waals surface area contributed by atoms with Crippen molar-refractivity contribution in [2.75, 3.05) is 31.8 Å². The average Bonchev–Trinajstić information content (AvgIpc) is 2.36. The van der Waals surface area contributed by atoms with Gasteiger partial charge in [0.15, 0.2) is 5.82 Å². The molecule has 1 aromatic rings. The molecule has 2 atom stereocenters. The molecule has 5 nitrogen and oxygen atoms in total. The average molecular weight is 250 g/mol. The van der Waals surface area contributed by atoms with Crippen LogP contribution < -0.4 is 15.8 Å². The lowest BCUT2D eigenvalue weighted by Gasteiger charge is -2.35. The lowest BCUT2D eigenvalue weighted by Crippen LogP contribution is -2.42. The highest BCUT2D eigenvalue weighted by Gasteiger charge is 2.23. The van der Waals surface area contributed by atoms with E-state index in [1.807, 2.05) is 6.07 Å². The summed E-state index contributed by atoms with van der Waals surface area (Å²) in [7, 11) is 3.78. The Morgan fingerprint density at radius 2 is 2.28 bits per heavy atom. The number of aromatic nitrogens is 1. The Bertz CT molecular complexity index is 410. The van der Waals surface area contributed by atoms with Crippen LogP contribution in [0.1, 0.15) is 19.8 Å². The minimum atomic E-state index is 0.429. The fraction of sp³-hybridized carbons (Fsp3) is 0.615. The molecule has 1 aliphatic rings. The molecule has 1 aliphatic heterocycles. The quantitative estimate of drug-likeness (QED) is 0.852. The predicted molar refractivity (Wildman–Crippen MR) is 73.9 cm³/mol. The maximum Gasteiger partial charge on any atom is 0.215 e. The first-order valence-corrected chi connectivity index (χ1v) is 6.37. The SMILES string of the molecule is COc1ccc(N)c(NC2CCN(C)C(C)C2)n1. The van der Waals surface area contributed by atoms with Gasteiger partial charge in [0.05, 0.1) is 12.8 Å². The third-order valence-electron chi connectivity index (χ3n) is 3.66. The third kappa shape index (κ3) is 2.85. The van der Waals surface area contributed by atoms with Crippen molar-refractivity contribution < 1.29 is 4.74 Å². The second-order valence-corrected chi connectivity index (χ2v) is 4.99. The van der Waals surface area contributed by atoms with Gasteiger partial charge in [-0.3, -0.25) is 0 Å². The van der Waals surface area contributed by atoms with E-state index in [9.17, 15) is 0 Å². The highest BCUT2D eigenvalue weighted by atomic mass is 16.5. The molecule has 1 fully saturated rings. The summed E-state index contributed by atoms with van der Waals surface area (Å²) in [6.45, 7) is 3.35. The Labute approximate surface area is 108 Å². The smallest absolute Gasteiger partial charge is 0.215 e. The molecule has 1 aromatic heterocycles. The van der Waals surface area contributed by atoms with E-state index in [2.05, 4.69) is 29.2 Å². The maximum absolute atomic E-state index is 5.93. The molecule has 0 aromatic carbocycles. The van der Waals surface area contributed by atoms with Crippen LogP contribution in [0, 0.1) is 0 Å². The van der Waals surface area contributed by atoms with Crippen LogP contribution in [0.3, 0.4) is 0 Å². The normalized spacial score (nSPS) is 24.8. The standard InChI is InChI=1S/C13H22N4O/c1-9-8-10(6-7-17(9)2)15-13-11(14)4-5-12(16-13)18-3/h4-5,9-10H,6-8,14H2,1-3H3,(H,15,16). The number of hydrogen-bond donors (Lipinski definition) is 2. The van der Waals surface area contributed by atoms with Gasteiger partial charge in [-0.05, 0) is 32.9 Å². The van der Waals surface area contributed by atoms with E-state index >= 15 is 0 Å². The largest absolute Gasteiger partial charge is 0.481 e. The van der Waals surface area contributed by atoms with Gasteiger partial charge in [0.25, 0.3) is 0 Å². The monoisotopic (exact) mass is 250 g/mol. The molecule has 2 unspecified atom stereocenters. The van der Waals surface area contributed by atoms with Crippen LogP contribution in [0.5, 0.6) is 5.88 Å². The summed E-state index contributed by atoms with van der Waals surface area (Å²) >= 11 is 0. The van der Waals surface area contributed by atoms with Crippen molar-refractivity contribution in [1.29, 1.82) is 0 Å². The molecule has 100 valence electrons. The Morgan fingerprint density at radius 3 is 2.94 bits per heavy atom. The first-order chi connectivity index (χ1) is 8.60. The van der Waals surface area contributed by atoms with Crippen LogP contribution in [-0.4, -0.2) is 42.7 Å². The highest BCUT2D eigenvalue weighted by Crippen LogP contribution is 2.24. The number of likely N-dealkylation sites (tertiary alicyclic amines) is 1. The number of nitrogen functional groups attached to an aromatic ring is 1. The summed E-state index contributed by atoms with van der Waals surface area (Å²) in [6, 6.07) is 4.62. The van der Waals surface area contributed by atoms with Crippen molar-refractivity contribution in [2.24, 2.45) is 0 Å². The molecular weight excluding hydrogens is 228 g/mol. The Kier molecular flexibility index (Phi) is 3.91. The molecule has 5 heteroatoms. The van der Waals surface area contributed by atoms with E-state index < -0.39 is 0 Å². The fourth-order valence-corrected chi connectivity index (χ4v) is 2.30. The Balaban J connectivity index is 2.05. The van der Waals surface area contributed by atoms with Crippen molar-refractivity contribution in [3.63, 3.8) is 0 Å². The van der Waals surface area contributed by atoms with Gasteiger partial charge >= 0.3 is 0 Å². The lowest BCUT2D eigenvalue weighted by atomic mass is 9.99. The summed E-state index contributed by atoms with van der Waals surface area (Å²) in [4.78, 5) is 6.73. The minimum Gasteiger partial charge on any atom is -0.481 e. The molecule has 0 saturated carbocycles. The van der Waals surface area contributed by atoms with Crippen LogP contribution in [-0.2, 0) is 0 Å². The number of rotatable bonds is 3. The van der Waals surface area contributed by atoms with Gasteiger partial charge < -0.3 is 20.7 Å². The zero-order chi connectivity index (χ0) is 13.1. The fourth-order valence-electron chi connectivity index (χ4n) is 2.30. The Hall–Kier alpha value is -1.49. The van der Waals surface area contributed by atoms with Crippen molar-refractivity contribution in [3.8, 4) is 5.88 Å². The number of anilines is 2. The first-order valence-electron chi connectivity index (χ1n) is 6.37. The van der Waals surface area contributed by atoms with Crippen LogP contribution in [0.15, 0.2) is 12.1 Å². The van der Waals surface area contributed by atoms with E-state index in [0.717, 1.165) is 25.2 Å². The molecule has 0 aliphatic carbocycles. The van der Waals surface area contributed by atoms with Crippen LogP contribution in [0.4, 0.5) is 11.5 Å². The molecule has 0 spiro atoms. The summed E-state index contributed by atoms with van der Waals surface area (Å²) in [5.41, 5.74) is 6.60. The molecule has 18 heavy (non-hydrogen) atoms. The summed E-state index contributed by atoms with van der Waals surface area (Å²) < 4.78 is 5.12. The van der Waals surface area contributed by atoms with Gasteiger partial charge in [0.2, 0.25) is 5.88 Å². The van der Waals surface area contributed by atoms with E-state index in [-0.39, 0.29) is 0 Å². The maximum atomic E-state index is 5.93. The summed E-state index contributed by atoms with van der Waals surface area (Å²) in [5, 5.41) is 3.43. The molecule has 2 heterocycles. The zero-order valence-electron chi connectivity index (χ0n) is 11.3. The van der Waals surface area contributed by atoms with Gasteiger partial charge in [-0.1, -0.05) is 0 Å². The number of nitrogens with two attached hydrogens (primary N) is 1. The van der Waals surface area contributed by atoms with E-state index in [0.29, 0.717) is 23.7 Å². The van der Waals surface area contributed by atoms with Gasteiger partial charge in [-0.15, -0.1) is 0 Å². The summed E-state index contributed by atoms with van der Waals surface area (Å²) in [6.07, 6.45) is 2.22. The number of nitrogens with zero attached hydrogens (tertiary/aromatic N) is 2. The molecule has 2 rings (SSSR count). The van der Waals surface area contributed by atoms with Crippen molar-refractivity contribution in [1.82, 2.24) is 9.88 Å². The predicted octanol–water partition coefficient (Wildman–Crippen LogP) is 1.57. The lowest BCUT2D eigenvalue weighted by molar-refractivity contribution is 0.190. The van der Waals surface area contributed by atoms with Gasteiger partial charge in [-0.25, -0.2) is 0 Å². The van der Waals surface area contributed by atoms with Crippen molar-refractivity contribution in [3.05, 3.63) is 12.1 Å². The summed E-state index contributed by atoms with van der Waals surface area (Å²) in [5.74, 6) is 1.32. The zero-order valence-corrected chi connectivity index (χ0v) is 11.3. The molecular formula is C13H22N4O. The van der Waals surface area contributed by atoms with Crippen LogP contribution >= 0.6 is 0 Å². The molecule has 0 bridgehead atoms. The minimum absolute atomic E-state index is 0.429. The Morgan fingerprint density at radius 1 is 1.50 bits per heavy atom. The van der Waals surface area contributed by atoms with Crippen molar-refractivity contribution >= 4 is 11.5 Å². The number of nitrogens with one attached hydrogen (secondary N) is 1. The van der Waals surface area contributed by atoms with Gasteiger partial charge in [-0.2, -0.15) is 4.98 Å². The number of piperidine rings is 1. The molecule has 1 saturated heterocycles. The number of methoxy groups -OCH3 is 1. The topological polar surface area (TPSA) is 63.4 Å². The second-order valence-electron chi connectivity index (χ2n) is 4.99. The number of hydrogen-bond acceptors (Lipinski definition) is 5. The molecule has 0 amide bonds. The van der Waals surface area contributed by atoms with Gasteiger partial charge in [0, 0.05) is 24.7 Å². The first kappa shape index (κ1) is 13.0. The van der Waals surface area contributed by atoms with E-state index in [1.165, 1.54) is 0 Å².